The molecule has 0 aliphatic carbocycles. The van der Waals surface area contributed by atoms with Crippen molar-refractivity contribution in [3.8, 4) is 0 Å². The van der Waals surface area contributed by atoms with Gasteiger partial charge in [-0.2, -0.15) is 0 Å². The molecule has 0 aromatic carbocycles. The van der Waals surface area contributed by atoms with Gasteiger partial charge < -0.3 is 15.2 Å². The maximum Gasteiger partial charge on any atom is 0.238 e. The SMILES string of the molecule is Cc1cc(NC(=O)C(C)SCC(=O)Nc2ncc(C)s2)no1. The van der Waals surface area contributed by atoms with Gasteiger partial charge in [-0.3, -0.25) is 9.59 Å². The summed E-state index contributed by atoms with van der Waals surface area (Å²) in [5.74, 6) is 0.754. The van der Waals surface area contributed by atoms with Crippen molar-refractivity contribution in [1.29, 1.82) is 0 Å². The zero-order valence-electron chi connectivity index (χ0n) is 12.4. The highest BCUT2D eigenvalue weighted by atomic mass is 32.2. The van der Waals surface area contributed by atoms with E-state index in [1.54, 1.807) is 26.1 Å². The second kappa shape index (κ2) is 7.41. The Kier molecular flexibility index (Phi) is 5.56. The van der Waals surface area contributed by atoms with Crippen molar-refractivity contribution in [2.24, 2.45) is 0 Å². The highest BCUT2D eigenvalue weighted by Crippen LogP contribution is 2.18. The van der Waals surface area contributed by atoms with Gasteiger partial charge in [-0.25, -0.2) is 4.98 Å². The van der Waals surface area contributed by atoms with Crippen molar-refractivity contribution in [1.82, 2.24) is 10.1 Å². The van der Waals surface area contributed by atoms with Crippen molar-refractivity contribution in [3.63, 3.8) is 0 Å². The van der Waals surface area contributed by atoms with Gasteiger partial charge in [-0.1, -0.05) is 5.16 Å². The van der Waals surface area contributed by atoms with Crippen LogP contribution in [0.15, 0.2) is 16.8 Å². The van der Waals surface area contributed by atoms with E-state index >= 15 is 0 Å². The second-order valence-corrected chi connectivity index (χ2v) is 7.15. The zero-order valence-corrected chi connectivity index (χ0v) is 14.0. The molecule has 118 valence electrons. The van der Waals surface area contributed by atoms with Crippen LogP contribution in [0.3, 0.4) is 0 Å². The number of aromatic nitrogens is 2. The summed E-state index contributed by atoms with van der Waals surface area (Å²) in [6, 6.07) is 1.63. The number of thiazole rings is 1. The van der Waals surface area contributed by atoms with Crippen LogP contribution in [0.2, 0.25) is 0 Å². The summed E-state index contributed by atoms with van der Waals surface area (Å²) in [5.41, 5.74) is 0. The van der Waals surface area contributed by atoms with Gasteiger partial charge in [0.1, 0.15) is 5.76 Å². The Balaban J connectivity index is 1.75. The molecule has 1 unspecified atom stereocenters. The Labute approximate surface area is 135 Å². The molecule has 1 atom stereocenters. The van der Waals surface area contributed by atoms with E-state index in [-0.39, 0.29) is 22.8 Å². The molecule has 2 heterocycles. The molecule has 0 spiro atoms. The molecule has 7 nitrogen and oxygen atoms in total. The molecule has 0 bridgehead atoms. The summed E-state index contributed by atoms with van der Waals surface area (Å²) in [6.07, 6.45) is 1.70. The Hall–Kier alpha value is -1.87. The van der Waals surface area contributed by atoms with Crippen molar-refractivity contribution >= 4 is 45.9 Å². The molecular formula is C13H16N4O3S2. The first-order valence-corrected chi connectivity index (χ1v) is 8.38. The molecule has 22 heavy (non-hydrogen) atoms. The fourth-order valence-corrected chi connectivity index (χ4v) is 2.86. The van der Waals surface area contributed by atoms with Crippen LogP contribution in [0.25, 0.3) is 0 Å². The summed E-state index contributed by atoms with van der Waals surface area (Å²) < 4.78 is 4.87. The predicted molar refractivity (Wildman–Crippen MR) is 87.3 cm³/mol. The fraction of sp³-hybridized carbons (Fsp3) is 0.385. The highest BCUT2D eigenvalue weighted by molar-refractivity contribution is 8.01. The van der Waals surface area contributed by atoms with Crippen LogP contribution in [-0.2, 0) is 9.59 Å². The quantitative estimate of drug-likeness (QED) is 0.838. The summed E-state index contributed by atoms with van der Waals surface area (Å²) in [6.45, 7) is 5.39. The molecule has 2 aromatic rings. The number of nitrogens with one attached hydrogen (secondary N) is 2. The zero-order chi connectivity index (χ0) is 16.1. The minimum Gasteiger partial charge on any atom is -0.360 e. The number of carbonyl (C=O) groups excluding carboxylic acids is 2. The number of carbonyl (C=O) groups is 2. The predicted octanol–water partition coefficient (Wildman–Crippen LogP) is 2.45. The molecular weight excluding hydrogens is 324 g/mol. The minimum atomic E-state index is -0.388. The van der Waals surface area contributed by atoms with Gasteiger partial charge in [-0.05, 0) is 20.8 Å². The lowest BCUT2D eigenvalue weighted by molar-refractivity contribution is -0.115. The largest absolute Gasteiger partial charge is 0.360 e. The van der Waals surface area contributed by atoms with Crippen molar-refractivity contribution in [3.05, 3.63) is 22.9 Å². The van der Waals surface area contributed by atoms with E-state index < -0.39 is 0 Å². The van der Waals surface area contributed by atoms with Crippen LogP contribution in [0.4, 0.5) is 10.9 Å². The van der Waals surface area contributed by atoms with Gasteiger partial charge in [0.05, 0.1) is 11.0 Å². The average molecular weight is 340 g/mol. The van der Waals surface area contributed by atoms with E-state index in [1.165, 1.54) is 23.1 Å². The molecule has 2 aromatic heterocycles. The maximum atomic E-state index is 11.9. The van der Waals surface area contributed by atoms with Gasteiger partial charge in [0.25, 0.3) is 0 Å². The summed E-state index contributed by atoms with van der Waals surface area (Å²) in [5, 5.41) is 9.20. The molecule has 2 amide bonds. The van der Waals surface area contributed by atoms with E-state index in [9.17, 15) is 9.59 Å². The first-order chi connectivity index (χ1) is 10.4. The monoisotopic (exact) mass is 340 g/mol. The number of anilines is 2. The molecule has 2 rings (SSSR count). The van der Waals surface area contributed by atoms with Crippen LogP contribution < -0.4 is 10.6 Å². The van der Waals surface area contributed by atoms with Crippen LogP contribution in [0, 0.1) is 13.8 Å². The normalized spacial score (nSPS) is 12.0. The maximum absolute atomic E-state index is 11.9. The van der Waals surface area contributed by atoms with E-state index in [0.717, 1.165) is 4.88 Å². The van der Waals surface area contributed by atoms with Crippen molar-refractivity contribution < 1.29 is 14.1 Å². The average Bonchev–Trinajstić information content (AvgIpc) is 3.05. The molecule has 0 saturated carbocycles. The van der Waals surface area contributed by atoms with Gasteiger partial charge in [0.15, 0.2) is 10.9 Å². The summed E-state index contributed by atoms with van der Waals surface area (Å²) in [7, 11) is 0. The standard InChI is InChI=1S/C13H16N4O3S2/c1-7-4-10(17-20-7)15-12(19)9(3)21-6-11(18)16-13-14-5-8(2)22-13/h4-5,9H,6H2,1-3H3,(H,14,16,18)(H,15,17,19). The van der Waals surface area contributed by atoms with Crippen LogP contribution >= 0.6 is 23.1 Å². The first-order valence-electron chi connectivity index (χ1n) is 6.52. The van der Waals surface area contributed by atoms with Crippen molar-refractivity contribution in [2.45, 2.75) is 26.0 Å². The van der Waals surface area contributed by atoms with E-state index in [4.69, 9.17) is 4.52 Å². The number of nitrogens with zero attached hydrogens (tertiary/aromatic N) is 2. The smallest absolute Gasteiger partial charge is 0.238 e. The molecule has 0 radical (unpaired) electrons. The van der Waals surface area contributed by atoms with Gasteiger partial charge >= 0.3 is 0 Å². The Morgan fingerprint density at radius 3 is 2.77 bits per heavy atom. The van der Waals surface area contributed by atoms with Gasteiger partial charge in [0, 0.05) is 17.1 Å². The number of hydrogen-bond acceptors (Lipinski definition) is 7. The van der Waals surface area contributed by atoms with E-state index in [1.807, 2.05) is 6.92 Å². The molecule has 2 N–H and O–H groups in total. The topological polar surface area (TPSA) is 97.1 Å². The lowest BCUT2D eigenvalue weighted by Crippen LogP contribution is -2.25. The second-order valence-electron chi connectivity index (χ2n) is 4.59. The van der Waals surface area contributed by atoms with Crippen LogP contribution in [0.1, 0.15) is 17.6 Å². The van der Waals surface area contributed by atoms with Crippen molar-refractivity contribution in [2.75, 3.05) is 16.4 Å². The van der Waals surface area contributed by atoms with E-state index in [0.29, 0.717) is 16.7 Å². The third-order valence-corrected chi connectivity index (χ3v) is 4.55. The number of hydrogen-bond donors (Lipinski definition) is 2. The lowest BCUT2D eigenvalue weighted by atomic mass is 10.4. The molecule has 0 aliphatic rings. The fourth-order valence-electron chi connectivity index (χ4n) is 1.50. The number of thioether (sulfide) groups is 1. The molecule has 0 saturated heterocycles. The molecule has 0 fully saturated rings. The van der Waals surface area contributed by atoms with Gasteiger partial charge in [0.2, 0.25) is 11.8 Å². The molecule has 9 heteroatoms. The van der Waals surface area contributed by atoms with Gasteiger partial charge in [-0.15, -0.1) is 23.1 Å². The van der Waals surface area contributed by atoms with Crippen LogP contribution in [0.5, 0.6) is 0 Å². The Morgan fingerprint density at radius 1 is 1.41 bits per heavy atom. The molecule has 0 aliphatic heterocycles. The lowest BCUT2D eigenvalue weighted by Gasteiger charge is -2.09. The third-order valence-electron chi connectivity index (χ3n) is 2.58. The first kappa shape index (κ1) is 16.5. The summed E-state index contributed by atoms with van der Waals surface area (Å²) in [4.78, 5) is 28.8. The van der Waals surface area contributed by atoms with Crippen LogP contribution in [-0.4, -0.2) is 33.0 Å². The minimum absolute atomic E-state index is 0.172. The number of aryl methyl sites for hydroxylation is 2. The summed E-state index contributed by atoms with van der Waals surface area (Å²) >= 11 is 2.65. The third kappa shape index (κ3) is 4.85. The Bertz CT molecular complexity index is 668. The number of amides is 2. The van der Waals surface area contributed by atoms with E-state index in [2.05, 4.69) is 20.8 Å². The Morgan fingerprint density at radius 2 is 2.18 bits per heavy atom. The number of rotatable bonds is 6. The highest BCUT2D eigenvalue weighted by Gasteiger charge is 2.17.